The van der Waals surface area contributed by atoms with E-state index in [4.69, 9.17) is 0 Å². The SMILES string of the molecule is O=C(CCCc1ccc(NCCC2(O)CCCCC2)cc1)C1CNC1. The molecule has 2 aliphatic rings. The van der Waals surface area contributed by atoms with Gasteiger partial charge in [-0.05, 0) is 49.8 Å². The number of carbonyl (C=O) groups excluding carboxylic acids is 1. The molecule has 3 rings (SSSR count). The molecule has 1 aliphatic heterocycles. The van der Waals surface area contributed by atoms with Crippen molar-refractivity contribution in [3.63, 3.8) is 0 Å². The largest absolute Gasteiger partial charge is 0.390 e. The molecule has 2 fully saturated rings. The van der Waals surface area contributed by atoms with E-state index in [9.17, 15) is 9.90 Å². The Morgan fingerprint density at radius 3 is 2.52 bits per heavy atom. The fraction of sp³-hybridized carbons (Fsp3) is 0.667. The number of carbonyl (C=O) groups is 1. The van der Waals surface area contributed by atoms with Crippen molar-refractivity contribution < 1.29 is 9.90 Å². The molecule has 0 aromatic heterocycles. The lowest BCUT2D eigenvalue weighted by atomic mass is 9.82. The Labute approximate surface area is 151 Å². The molecular formula is C21H32N2O2. The lowest BCUT2D eigenvalue weighted by Gasteiger charge is -2.32. The Morgan fingerprint density at radius 1 is 1.16 bits per heavy atom. The van der Waals surface area contributed by atoms with E-state index in [0.717, 1.165) is 70.3 Å². The summed E-state index contributed by atoms with van der Waals surface area (Å²) in [7, 11) is 0. The summed E-state index contributed by atoms with van der Waals surface area (Å²) in [6.07, 6.45) is 8.90. The summed E-state index contributed by atoms with van der Waals surface area (Å²) in [6, 6.07) is 8.51. The molecule has 0 amide bonds. The second-order valence-corrected chi connectivity index (χ2v) is 7.83. The van der Waals surface area contributed by atoms with Crippen LogP contribution >= 0.6 is 0 Å². The Hall–Kier alpha value is -1.39. The van der Waals surface area contributed by atoms with Gasteiger partial charge in [-0.15, -0.1) is 0 Å². The number of aryl methyl sites for hydroxylation is 1. The van der Waals surface area contributed by atoms with E-state index >= 15 is 0 Å². The van der Waals surface area contributed by atoms with Crippen LogP contribution in [0.2, 0.25) is 0 Å². The molecule has 0 bridgehead atoms. The molecule has 1 heterocycles. The summed E-state index contributed by atoms with van der Waals surface area (Å²) < 4.78 is 0. The normalized spacial score (nSPS) is 20.0. The standard InChI is InChI=1S/C21H32N2O2/c24-20(18-15-22-16-18)6-4-5-17-7-9-19(10-8-17)23-14-13-21(25)11-2-1-3-12-21/h7-10,18,22-23,25H,1-6,11-16H2. The van der Waals surface area contributed by atoms with Crippen molar-refractivity contribution in [3.05, 3.63) is 29.8 Å². The number of hydrogen-bond acceptors (Lipinski definition) is 4. The first-order valence-electron chi connectivity index (χ1n) is 9.93. The van der Waals surface area contributed by atoms with Gasteiger partial charge in [-0.2, -0.15) is 0 Å². The van der Waals surface area contributed by atoms with E-state index in [2.05, 4.69) is 34.9 Å². The fourth-order valence-electron chi connectivity index (χ4n) is 3.88. The Bertz CT molecular complexity index is 546. The first-order valence-corrected chi connectivity index (χ1v) is 9.93. The molecule has 1 aromatic rings. The third kappa shape index (κ3) is 5.55. The zero-order chi connectivity index (χ0) is 17.5. The molecule has 0 unspecified atom stereocenters. The van der Waals surface area contributed by atoms with Crippen molar-refractivity contribution in [1.29, 1.82) is 0 Å². The Morgan fingerprint density at radius 2 is 1.88 bits per heavy atom. The van der Waals surface area contributed by atoms with Gasteiger partial charge in [-0.3, -0.25) is 4.79 Å². The minimum atomic E-state index is -0.451. The molecule has 138 valence electrons. The number of hydrogen-bond donors (Lipinski definition) is 3. The van der Waals surface area contributed by atoms with Crippen LogP contribution in [-0.4, -0.2) is 36.1 Å². The van der Waals surface area contributed by atoms with Gasteiger partial charge in [0.25, 0.3) is 0 Å². The van der Waals surface area contributed by atoms with Crippen LogP contribution in [-0.2, 0) is 11.2 Å². The highest BCUT2D eigenvalue weighted by atomic mass is 16.3. The Kier molecular flexibility index (Phi) is 6.49. The predicted octanol–water partition coefficient (Wildman–Crippen LogP) is 3.30. The molecule has 4 nitrogen and oxygen atoms in total. The average Bonchev–Trinajstić information content (AvgIpc) is 2.55. The molecule has 1 aromatic carbocycles. The first-order chi connectivity index (χ1) is 12.1. The van der Waals surface area contributed by atoms with E-state index in [-0.39, 0.29) is 5.92 Å². The number of rotatable bonds is 9. The van der Waals surface area contributed by atoms with Gasteiger partial charge in [-0.1, -0.05) is 31.4 Å². The molecule has 25 heavy (non-hydrogen) atoms. The summed E-state index contributed by atoms with van der Waals surface area (Å²) in [5.41, 5.74) is 1.95. The molecule has 1 aliphatic carbocycles. The van der Waals surface area contributed by atoms with Crippen LogP contribution in [0.3, 0.4) is 0 Å². The second-order valence-electron chi connectivity index (χ2n) is 7.83. The monoisotopic (exact) mass is 344 g/mol. The van der Waals surface area contributed by atoms with Gasteiger partial charge in [0.15, 0.2) is 0 Å². The van der Waals surface area contributed by atoms with Crippen LogP contribution in [0.25, 0.3) is 0 Å². The number of Topliss-reactive ketones (excluding diaryl/α,β-unsaturated/α-hetero) is 1. The summed E-state index contributed by atoms with van der Waals surface area (Å²) in [6.45, 7) is 2.56. The van der Waals surface area contributed by atoms with Crippen molar-refractivity contribution in [2.24, 2.45) is 5.92 Å². The van der Waals surface area contributed by atoms with Crippen molar-refractivity contribution in [1.82, 2.24) is 5.32 Å². The van der Waals surface area contributed by atoms with Crippen molar-refractivity contribution >= 4 is 11.5 Å². The number of benzene rings is 1. The molecule has 0 atom stereocenters. The molecular weight excluding hydrogens is 312 g/mol. The molecule has 3 N–H and O–H groups in total. The third-order valence-electron chi connectivity index (χ3n) is 5.78. The van der Waals surface area contributed by atoms with Gasteiger partial charge >= 0.3 is 0 Å². The summed E-state index contributed by atoms with van der Waals surface area (Å²) in [5, 5.41) is 17.1. The van der Waals surface area contributed by atoms with Crippen molar-refractivity contribution in [2.45, 2.75) is 63.4 Å². The van der Waals surface area contributed by atoms with Crippen molar-refractivity contribution in [3.8, 4) is 0 Å². The van der Waals surface area contributed by atoms with E-state index < -0.39 is 5.60 Å². The molecule has 4 heteroatoms. The van der Waals surface area contributed by atoms with Crippen LogP contribution < -0.4 is 10.6 Å². The minimum absolute atomic E-state index is 0.269. The van der Waals surface area contributed by atoms with Crippen LogP contribution in [0.5, 0.6) is 0 Å². The predicted molar refractivity (Wildman–Crippen MR) is 102 cm³/mol. The lowest BCUT2D eigenvalue weighted by Crippen LogP contribution is -2.46. The first kappa shape index (κ1) is 18.4. The molecule has 1 saturated heterocycles. The third-order valence-corrected chi connectivity index (χ3v) is 5.78. The highest BCUT2D eigenvalue weighted by molar-refractivity contribution is 5.82. The second kappa shape index (κ2) is 8.81. The summed E-state index contributed by atoms with van der Waals surface area (Å²) >= 11 is 0. The van der Waals surface area contributed by atoms with Crippen LogP contribution in [0.15, 0.2) is 24.3 Å². The van der Waals surface area contributed by atoms with Gasteiger partial charge in [0, 0.05) is 37.7 Å². The van der Waals surface area contributed by atoms with E-state index in [1.807, 2.05) is 0 Å². The van der Waals surface area contributed by atoms with Gasteiger partial charge in [0.05, 0.1) is 5.60 Å². The smallest absolute Gasteiger partial charge is 0.138 e. The quantitative estimate of drug-likeness (QED) is 0.643. The average molecular weight is 344 g/mol. The van der Waals surface area contributed by atoms with E-state index in [1.165, 1.54) is 12.0 Å². The summed E-state index contributed by atoms with van der Waals surface area (Å²) in [4.78, 5) is 11.9. The lowest BCUT2D eigenvalue weighted by molar-refractivity contribution is -0.124. The fourth-order valence-corrected chi connectivity index (χ4v) is 3.88. The van der Waals surface area contributed by atoms with Gasteiger partial charge in [0.1, 0.15) is 5.78 Å². The Balaban J connectivity index is 1.34. The van der Waals surface area contributed by atoms with E-state index in [0.29, 0.717) is 12.2 Å². The molecule has 1 saturated carbocycles. The zero-order valence-corrected chi connectivity index (χ0v) is 15.2. The maximum absolute atomic E-state index is 11.9. The highest BCUT2D eigenvalue weighted by Crippen LogP contribution is 2.30. The van der Waals surface area contributed by atoms with Crippen LogP contribution in [0.1, 0.15) is 56.9 Å². The van der Waals surface area contributed by atoms with Crippen molar-refractivity contribution in [2.75, 3.05) is 25.0 Å². The van der Waals surface area contributed by atoms with Crippen LogP contribution in [0.4, 0.5) is 5.69 Å². The number of anilines is 1. The van der Waals surface area contributed by atoms with E-state index in [1.54, 1.807) is 0 Å². The zero-order valence-electron chi connectivity index (χ0n) is 15.2. The molecule has 0 radical (unpaired) electrons. The number of aliphatic hydroxyl groups is 1. The summed E-state index contributed by atoms with van der Waals surface area (Å²) in [5.74, 6) is 0.684. The minimum Gasteiger partial charge on any atom is -0.390 e. The highest BCUT2D eigenvalue weighted by Gasteiger charge is 2.28. The van der Waals surface area contributed by atoms with Gasteiger partial charge in [-0.25, -0.2) is 0 Å². The van der Waals surface area contributed by atoms with Gasteiger partial charge in [0.2, 0.25) is 0 Å². The number of nitrogens with one attached hydrogen (secondary N) is 2. The maximum atomic E-state index is 11.9. The topological polar surface area (TPSA) is 61.4 Å². The van der Waals surface area contributed by atoms with Gasteiger partial charge < -0.3 is 15.7 Å². The number of ketones is 1. The molecule has 0 spiro atoms. The van der Waals surface area contributed by atoms with Crippen LogP contribution in [0, 0.1) is 5.92 Å². The maximum Gasteiger partial charge on any atom is 0.138 e.